The second kappa shape index (κ2) is 5.10. The first kappa shape index (κ1) is 7.96. The Hall–Kier alpha value is -0.0400. The molecule has 0 radical (unpaired) electrons. The van der Waals surface area contributed by atoms with E-state index < -0.39 is 0 Å². The second-order valence-electron chi connectivity index (χ2n) is 2.35. The van der Waals surface area contributed by atoms with Crippen molar-refractivity contribution in [3.8, 4) is 0 Å². The molecule has 0 aromatic heterocycles. The zero-order chi connectivity index (χ0) is 6.41. The van der Waals surface area contributed by atoms with Gasteiger partial charge in [-0.3, -0.25) is 0 Å². The fourth-order valence-corrected chi connectivity index (χ4v) is 0.861. The maximum absolute atomic E-state index is 4.96. The van der Waals surface area contributed by atoms with E-state index in [1.807, 2.05) is 0 Å². The zero-order valence-corrected chi connectivity index (χ0v) is 6.11. The van der Waals surface area contributed by atoms with Crippen LogP contribution in [0.2, 0.25) is 0 Å². The van der Waals surface area contributed by atoms with Crippen LogP contribution in [0.25, 0.3) is 0 Å². The van der Waals surface area contributed by atoms with Crippen LogP contribution in [-0.4, -0.2) is 13.7 Å². The third-order valence-corrected chi connectivity index (χ3v) is 1.23. The molecule has 0 aliphatic carbocycles. The van der Waals surface area contributed by atoms with E-state index in [-0.39, 0.29) is 0 Å². The SMILES string of the molecule is CCC[C@@H](C)COC. The van der Waals surface area contributed by atoms with Crippen LogP contribution in [0, 0.1) is 5.92 Å². The average molecular weight is 116 g/mol. The van der Waals surface area contributed by atoms with Crippen LogP contribution < -0.4 is 0 Å². The molecule has 0 N–H and O–H groups in total. The summed E-state index contributed by atoms with van der Waals surface area (Å²) in [5.74, 6) is 0.741. The third kappa shape index (κ3) is 4.13. The largest absolute Gasteiger partial charge is 0.384 e. The Bertz CT molecular complexity index is 37.7. The molecule has 0 spiro atoms. The molecule has 0 bridgehead atoms. The molecular weight excluding hydrogens is 100 g/mol. The van der Waals surface area contributed by atoms with Crippen LogP contribution in [-0.2, 0) is 4.74 Å². The summed E-state index contributed by atoms with van der Waals surface area (Å²) in [5, 5.41) is 0. The molecule has 0 aromatic rings. The highest BCUT2D eigenvalue weighted by atomic mass is 16.5. The molecule has 1 nitrogen and oxygen atoms in total. The highest BCUT2D eigenvalue weighted by molar-refractivity contribution is 4.47. The van der Waals surface area contributed by atoms with Crippen molar-refractivity contribution < 1.29 is 4.74 Å². The van der Waals surface area contributed by atoms with Gasteiger partial charge in [-0.1, -0.05) is 20.3 Å². The van der Waals surface area contributed by atoms with Gasteiger partial charge in [-0.15, -0.1) is 0 Å². The van der Waals surface area contributed by atoms with E-state index >= 15 is 0 Å². The van der Waals surface area contributed by atoms with Gasteiger partial charge in [-0.25, -0.2) is 0 Å². The molecule has 0 fully saturated rings. The highest BCUT2D eigenvalue weighted by Crippen LogP contribution is 2.03. The van der Waals surface area contributed by atoms with Gasteiger partial charge in [0, 0.05) is 13.7 Å². The number of rotatable bonds is 4. The standard InChI is InChI=1S/C7H16O/c1-4-5-7(2)6-8-3/h7H,4-6H2,1-3H3/t7-/m1/s1. The fraction of sp³-hybridized carbons (Fsp3) is 1.00. The topological polar surface area (TPSA) is 9.23 Å². The van der Waals surface area contributed by atoms with Gasteiger partial charge in [-0.2, -0.15) is 0 Å². The molecule has 0 unspecified atom stereocenters. The van der Waals surface area contributed by atoms with Gasteiger partial charge < -0.3 is 4.74 Å². The summed E-state index contributed by atoms with van der Waals surface area (Å²) in [6, 6.07) is 0. The molecule has 0 aliphatic rings. The Kier molecular flexibility index (Phi) is 5.08. The molecule has 0 saturated heterocycles. The zero-order valence-electron chi connectivity index (χ0n) is 6.11. The molecule has 8 heavy (non-hydrogen) atoms. The Labute approximate surface area is 52.0 Å². The summed E-state index contributed by atoms with van der Waals surface area (Å²) in [6.07, 6.45) is 2.55. The minimum Gasteiger partial charge on any atom is -0.384 e. The van der Waals surface area contributed by atoms with Gasteiger partial charge in [0.2, 0.25) is 0 Å². The van der Waals surface area contributed by atoms with Crippen molar-refractivity contribution >= 4 is 0 Å². The Balaban J connectivity index is 2.92. The lowest BCUT2D eigenvalue weighted by molar-refractivity contribution is 0.155. The molecule has 0 rings (SSSR count). The molecule has 0 amide bonds. The van der Waals surface area contributed by atoms with Gasteiger partial charge in [0.25, 0.3) is 0 Å². The van der Waals surface area contributed by atoms with Crippen molar-refractivity contribution in [1.82, 2.24) is 0 Å². The van der Waals surface area contributed by atoms with Crippen molar-refractivity contribution in [1.29, 1.82) is 0 Å². The maximum atomic E-state index is 4.96. The lowest BCUT2D eigenvalue weighted by Crippen LogP contribution is -2.01. The van der Waals surface area contributed by atoms with Gasteiger partial charge in [0.05, 0.1) is 0 Å². The minimum absolute atomic E-state index is 0.741. The molecule has 0 saturated carbocycles. The van der Waals surface area contributed by atoms with E-state index in [9.17, 15) is 0 Å². The van der Waals surface area contributed by atoms with Crippen LogP contribution in [0.15, 0.2) is 0 Å². The fourth-order valence-electron chi connectivity index (χ4n) is 0.861. The lowest BCUT2D eigenvalue weighted by atomic mass is 10.1. The number of ether oxygens (including phenoxy) is 1. The molecule has 0 aliphatic heterocycles. The normalized spacial score (nSPS) is 13.9. The van der Waals surface area contributed by atoms with Crippen molar-refractivity contribution in [2.24, 2.45) is 5.92 Å². The third-order valence-electron chi connectivity index (χ3n) is 1.23. The van der Waals surface area contributed by atoms with E-state index in [1.165, 1.54) is 12.8 Å². The Morgan fingerprint density at radius 3 is 2.50 bits per heavy atom. The summed E-state index contributed by atoms with van der Waals surface area (Å²) < 4.78 is 4.96. The maximum Gasteiger partial charge on any atom is 0.0487 e. The number of hydrogen-bond donors (Lipinski definition) is 0. The van der Waals surface area contributed by atoms with Crippen LogP contribution in [0.4, 0.5) is 0 Å². The van der Waals surface area contributed by atoms with Crippen LogP contribution in [0.5, 0.6) is 0 Å². The minimum atomic E-state index is 0.741. The number of hydrogen-bond acceptors (Lipinski definition) is 1. The predicted octanol–water partition coefficient (Wildman–Crippen LogP) is 2.07. The number of methoxy groups -OCH3 is 1. The van der Waals surface area contributed by atoms with E-state index in [1.54, 1.807) is 7.11 Å². The molecule has 0 aromatic carbocycles. The lowest BCUT2D eigenvalue weighted by Gasteiger charge is -2.06. The quantitative estimate of drug-likeness (QED) is 0.546. The van der Waals surface area contributed by atoms with Crippen molar-refractivity contribution in [3.05, 3.63) is 0 Å². The van der Waals surface area contributed by atoms with Crippen molar-refractivity contribution in [3.63, 3.8) is 0 Å². The monoisotopic (exact) mass is 116 g/mol. The van der Waals surface area contributed by atoms with Crippen LogP contribution >= 0.6 is 0 Å². The van der Waals surface area contributed by atoms with Crippen molar-refractivity contribution in [2.45, 2.75) is 26.7 Å². The van der Waals surface area contributed by atoms with E-state index in [0.717, 1.165) is 12.5 Å². The Morgan fingerprint density at radius 1 is 1.50 bits per heavy atom. The summed E-state index contributed by atoms with van der Waals surface area (Å²) in [6.45, 7) is 5.33. The van der Waals surface area contributed by atoms with Gasteiger partial charge in [-0.05, 0) is 12.3 Å². The van der Waals surface area contributed by atoms with Crippen LogP contribution in [0.1, 0.15) is 26.7 Å². The first-order chi connectivity index (χ1) is 3.81. The Morgan fingerprint density at radius 2 is 2.12 bits per heavy atom. The molecule has 50 valence electrons. The summed E-state index contributed by atoms with van der Waals surface area (Å²) in [4.78, 5) is 0. The molecule has 1 atom stereocenters. The van der Waals surface area contributed by atoms with E-state index in [0.29, 0.717) is 0 Å². The first-order valence-corrected chi connectivity index (χ1v) is 3.30. The van der Waals surface area contributed by atoms with Crippen LogP contribution in [0.3, 0.4) is 0 Å². The van der Waals surface area contributed by atoms with E-state index in [4.69, 9.17) is 4.74 Å². The average Bonchev–Trinajstić information content (AvgIpc) is 1.68. The summed E-state index contributed by atoms with van der Waals surface area (Å²) in [5.41, 5.74) is 0. The summed E-state index contributed by atoms with van der Waals surface area (Å²) in [7, 11) is 1.76. The smallest absolute Gasteiger partial charge is 0.0487 e. The first-order valence-electron chi connectivity index (χ1n) is 3.30. The van der Waals surface area contributed by atoms with Gasteiger partial charge >= 0.3 is 0 Å². The van der Waals surface area contributed by atoms with Gasteiger partial charge in [0.15, 0.2) is 0 Å². The highest BCUT2D eigenvalue weighted by Gasteiger charge is 1.96. The van der Waals surface area contributed by atoms with Gasteiger partial charge in [0.1, 0.15) is 0 Å². The molecular formula is C7H16O. The summed E-state index contributed by atoms with van der Waals surface area (Å²) >= 11 is 0. The second-order valence-corrected chi connectivity index (χ2v) is 2.35. The van der Waals surface area contributed by atoms with E-state index in [2.05, 4.69) is 13.8 Å². The molecule has 0 heterocycles. The van der Waals surface area contributed by atoms with Crippen molar-refractivity contribution in [2.75, 3.05) is 13.7 Å². The molecule has 1 heteroatoms. The predicted molar refractivity (Wildman–Crippen MR) is 35.9 cm³/mol.